The van der Waals surface area contributed by atoms with Gasteiger partial charge in [0.1, 0.15) is 5.82 Å². The van der Waals surface area contributed by atoms with Gasteiger partial charge in [0, 0.05) is 13.0 Å². The van der Waals surface area contributed by atoms with Crippen molar-refractivity contribution in [2.24, 2.45) is 0 Å². The molecule has 0 unspecified atom stereocenters. The van der Waals surface area contributed by atoms with Gasteiger partial charge in [0.15, 0.2) is 0 Å². The molecule has 1 aliphatic rings. The second kappa shape index (κ2) is 6.32. The molecule has 2 heterocycles. The minimum Gasteiger partial charge on any atom is -0.364 e. The van der Waals surface area contributed by atoms with Gasteiger partial charge in [-0.15, -0.1) is 0 Å². The van der Waals surface area contributed by atoms with Gasteiger partial charge in [-0.2, -0.15) is 0 Å². The second-order valence-corrected chi connectivity index (χ2v) is 5.64. The molecule has 1 aliphatic heterocycles. The smallest absolute Gasteiger partial charge is 0.266 e. The fraction of sp³-hybridized carbons (Fsp3) is 0.294. The summed E-state index contributed by atoms with van der Waals surface area (Å²) in [7, 11) is 0. The Morgan fingerprint density at radius 3 is 2.61 bits per heavy atom. The van der Waals surface area contributed by atoms with E-state index in [9.17, 15) is 13.6 Å². The molecule has 1 aromatic heterocycles. The quantitative estimate of drug-likeness (QED) is 0.942. The fourth-order valence-electron chi connectivity index (χ4n) is 2.57. The number of nitrogens with zero attached hydrogens (tertiary/aromatic N) is 2. The first kappa shape index (κ1) is 15.4. The van der Waals surface area contributed by atoms with Crippen molar-refractivity contribution in [1.29, 1.82) is 0 Å². The highest BCUT2D eigenvalue weighted by atomic mass is 19.3. The zero-order valence-electron chi connectivity index (χ0n) is 12.5. The van der Waals surface area contributed by atoms with Crippen molar-refractivity contribution in [2.45, 2.75) is 18.8 Å². The first-order chi connectivity index (χ1) is 11.0. The standard InChI is InChI=1S/C17H17F2N3O/c18-17(19)8-9-22(12-17)14-6-7-15(20-11-14)21-16(23)10-13-4-2-1-3-5-13/h1-7,11H,8-10,12H2,(H,20,21,23). The lowest BCUT2D eigenvalue weighted by Crippen LogP contribution is -2.25. The molecule has 1 N–H and O–H groups in total. The summed E-state index contributed by atoms with van der Waals surface area (Å²) < 4.78 is 26.4. The van der Waals surface area contributed by atoms with Gasteiger partial charge in [-0.1, -0.05) is 30.3 Å². The van der Waals surface area contributed by atoms with Crippen LogP contribution < -0.4 is 10.2 Å². The lowest BCUT2D eigenvalue weighted by molar-refractivity contribution is -0.115. The van der Waals surface area contributed by atoms with E-state index in [0.717, 1.165) is 5.56 Å². The van der Waals surface area contributed by atoms with Crippen LogP contribution in [0.2, 0.25) is 0 Å². The highest BCUT2D eigenvalue weighted by molar-refractivity contribution is 5.91. The van der Waals surface area contributed by atoms with Gasteiger partial charge in [-0.3, -0.25) is 4.79 Å². The molecule has 23 heavy (non-hydrogen) atoms. The SMILES string of the molecule is O=C(Cc1ccccc1)Nc1ccc(N2CCC(F)(F)C2)cn1. The lowest BCUT2D eigenvalue weighted by atomic mass is 10.1. The Balaban J connectivity index is 1.58. The number of pyridine rings is 1. The monoisotopic (exact) mass is 317 g/mol. The molecule has 1 fully saturated rings. The molecule has 3 rings (SSSR count). The van der Waals surface area contributed by atoms with Crippen LogP contribution in [0.15, 0.2) is 48.7 Å². The Morgan fingerprint density at radius 2 is 2.00 bits per heavy atom. The number of rotatable bonds is 4. The van der Waals surface area contributed by atoms with E-state index < -0.39 is 5.92 Å². The minimum atomic E-state index is -2.64. The molecular formula is C17H17F2N3O. The summed E-state index contributed by atoms with van der Waals surface area (Å²) in [5.74, 6) is -2.38. The zero-order chi connectivity index (χ0) is 16.3. The summed E-state index contributed by atoms with van der Waals surface area (Å²) in [6.07, 6.45) is 1.64. The molecule has 2 aromatic rings. The summed E-state index contributed by atoms with van der Waals surface area (Å²) in [4.78, 5) is 17.7. The maximum atomic E-state index is 13.2. The average Bonchev–Trinajstić information content (AvgIpc) is 2.89. The molecular weight excluding hydrogens is 300 g/mol. The van der Waals surface area contributed by atoms with Gasteiger partial charge < -0.3 is 10.2 Å². The van der Waals surface area contributed by atoms with E-state index in [2.05, 4.69) is 10.3 Å². The number of benzene rings is 1. The van der Waals surface area contributed by atoms with Crippen LogP contribution >= 0.6 is 0 Å². The van der Waals surface area contributed by atoms with Gasteiger partial charge >= 0.3 is 0 Å². The Bertz CT molecular complexity index is 674. The van der Waals surface area contributed by atoms with Crippen molar-refractivity contribution >= 4 is 17.4 Å². The van der Waals surface area contributed by atoms with Crippen LogP contribution in [0.5, 0.6) is 0 Å². The van der Waals surface area contributed by atoms with Gasteiger partial charge in [0.05, 0.1) is 24.8 Å². The number of carbonyl (C=O) groups excluding carboxylic acids is 1. The van der Waals surface area contributed by atoms with E-state index >= 15 is 0 Å². The molecule has 6 heteroatoms. The number of halogens is 2. The number of nitrogens with one attached hydrogen (secondary N) is 1. The number of aromatic nitrogens is 1. The zero-order valence-corrected chi connectivity index (χ0v) is 12.5. The van der Waals surface area contributed by atoms with Crippen LogP contribution in [-0.2, 0) is 11.2 Å². The van der Waals surface area contributed by atoms with Crippen molar-refractivity contribution in [2.75, 3.05) is 23.3 Å². The van der Waals surface area contributed by atoms with Crippen LogP contribution in [0.4, 0.5) is 20.3 Å². The molecule has 0 saturated carbocycles. The second-order valence-electron chi connectivity index (χ2n) is 5.64. The molecule has 0 radical (unpaired) electrons. The fourth-order valence-corrected chi connectivity index (χ4v) is 2.57. The van der Waals surface area contributed by atoms with Crippen LogP contribution in [0.25, 0.3) is 0 Å². The van der Waals surface area contributed by atoms with Gasteiger partial charge in [-0.05, 0) is 17.7 Å². The van der Waals surface area contributed by atoms with Crippen molar-refractivity contribution in [3.05, 3.63) is 54.2 Å². The summed E-state index contributed by atoms with van der Waals surface area (Å²) in [6, 6.07) is 12.7. The number of alkyl halides is 2. The van der Waals surface area contributed by atoms with E-state index in [4.69, 9.17) is 0 Å². The van der Waals surface area contributed by atoms with Crippen LogP contribution in [0.3, 0.4) is 0 Å². The predicted octanol–water partition coefficient (Wildman–Crippen LogP) is 3.11. The molecule has 0 bridgehead atoms. The summed E-state index contributed by atoms with van der Waals surface area (Å²) >= 11 is 0. The minimum absolute atomic E-state index is 0.136. The molecule has 0 atom stereocenters. The van der Waals surface area contributed by atoms with Crippen molar-refractivity contribution in [3.63, 3.8) is 0 Å². The maximum absolute atomic E-state index is 13.2. The average molecular weight is 317 g/mol. The third kappa shape index (κ3) is 4.03. The number of carbonyl (C=O) groups is 1. The normalized spacial score (nSPS) is 16.3. The Morgan fingerprint density at radius 1 is 1.22 bits per heavy atom. The number of hydrogen-bond donors (Lipinski definition) is 1. The lowest BCUT2D eigenvalue weighted by Gasteiger charge is -2.17. The van der Waals surface area contributed by atoms with Gasteiger partial charge in [0.2, 0.25) is 5.91 Å². The Labute approximate surface area is 133 Å². The predicted molar refractivity (Wildman–Crippen MR) is 84.8 cm³/mol. The summed E-state index contributed by atoms with van der Waals surface area (Å²) in [6.45, 7) is 0.0305. The molecule has 0 aliphatic carbocycles. The number of anilines is 2. The van der Waals surface area contributed by atoms with E-state index in [1.54, 1.807) is 17.0 Å². The molecule has 4 nitrogen and oxygen atoms in total. The van der Waals surface area contributed by atoms with Crippen LogP contribution in [0.1, 0.15) is 12.0 Å². The largest absolute Gasteiger partial charge is 0.364 e. The van der Waals surface area contributed by atoms with Crippen LogP contribution in [0, 0.1) is 0 Å². The number of hydrogen-bond acceptors (Lipinski definition) is 3. The first-order valence-electron chi connectivity index (χ1n) is 7.44. The van der Waals surface area contributed by atoms with E-state index in [1.165, 1.54) is 6.20 Å². The molecule has 1 amide bonds. The van der Waals surface area contributed by atoms with Crippen LogP contribution in [-0.4, -0.2) is 29.9 Å². The summed E-state index contributed by atoms with van der Waals surface area (Å²) in [5, 5.41) is 2.71. The number of amides is 1. The highest BCUT2D eigenvalue weighted by Crippen LogP contribution is 2.30. The van der Waals surface area contributed by atoms with Crippen molar-refractivity contribution in [1.82, 2.24) is 4.98 Å². The Kier molecular flexibility index (Phi) is 4.23. The molecule has 1 saturated heterocycles. The van der Waals surface area contributed by atoms with Gasteiger partial charge in [0.25, 0.3) is 5.92 Å². The first-order valence-corrected chi connectivity index (χ1v) is 7.44. The molecule has 120 valence electrons. The highest BCUT2D eigenvalue weighted by Gasteiger charge is 2.38. The van der Waals surface area contributed by atoms with E-state index in [-0.39, 0.29) is 25.3 Å². The topological polar surface area (TPSA) is 45.2 Å². The third-order valence-electron chi connectivity index (χ3n) is 3.76. The van der Waals surface area contributed by atoms with E-state index in [1.807, 2.05) is 30.3 Å². The molecule has 1 aromatic carbocycles. The van der Waals surface area contributed by atoms with E-state index in [0.29, 0.717) is 18.1 Å². The van der Waals surface area contributed by atoms with Crippen molar-refractivity contribution < 1.29 is 13.6 Å². The Hall–Kier alpha value is -2.50. The van der Waals surface area contributed by atoms with Crippen molar-refractivity contribution in [3.8, 4) is 0 Å². The summed E-state index contributed by atoms with van der Waals surface area (Å²) in [5.41, 5.74) is 1.56. The van der Waals surface area contributed by atoms with Gasteiger partial charge in [-0.25, -0.2) is 13.8 Å². The molecule has 0 spiro atoms. The maximum Gasteiger partial charge on any atom is 0.266 e. The third-order valence-corrected chi connectivity index (χ3v) is 3.76.